The van der Waals surface area contributed by atoms with E-state index in [4.69, 9.17) is 52.1 Å². The number of carbonyl (C=O) groups is 17. The first kappa shape index (κ1) is 96.0. The predicted octanol–water partition coefficient (Wildman–Crippen LogP) is 6.38. The predicted molar refractivity (Wildman–Crippen MR) is 447 cm³/mol. The second-order valence-electron chi connectivity index (χ2n) is 21.7. The number of amides is 7. The third-order valence-electron chi connectivity index (χ3n) is 12.9. The van der Waals surface area contributed by atoms with E-state index in [-0.39, 0.29) is 82.6 Å². The number of carbonyl (C=O) groups excluding carboxylic acids is 17. The molecule has 7 amide bonds. The van der Waals surface area contributed by atoms with Crippen molar-refractivity contribution < 1.29 is 134 Å². The van der Waals surface area contributed by atoms with Crippen molar-refractivity contribution in [2.45, 2.75) is 113 Å². The SMILES string of the molecule is CC(=O)OCc1c(I)c(C(=O)NCC(COC(C)=O)OC(C)=O)c(I)c(N(Nc2c(I)c(C(=O)NCC(COC(C)=O)OC(C)=O)c(I)c(C(=O)NCC(COC(C)=O)OC(C)=O)c2I)C(=O)Nc2c(I)c(C(=O)NCC(COC(C)=O)OC(C)=O)c(I)c(C(=O)NCC(COC(C)=O)OC(C)=O)c2I)c1I. The van der Waals surface area contributed by atoms with E-state index >= 15 is 19.2 Å². The molecule has 36 nitrogen and oxygen atoms in total. The largest absolute Gasteiger partial charge is 0.462 e. The molecule has 107 heavy (non-hydrogen) atoms. The number of ether oxygens (including phenoxy) is 11. The fraction of sp³-hybridized carbons (Fsp3) is 0.435. The summed E-state index contributed by atoms with van der Waals surface area (Å²) >= 11 is 15.6. The number of urea groups is 1. The Morgan fingerprint density at radius 3 is 0.757 bits per heavy atom. The molecular formula is C62H67I9N8O28. The molecule has 0 heterocycles. The van der Waals surface area contributed by atoms with Crippen LogP contribution in [-0.2, 0) is 111 Å². The molecule has 0 fully saturated rings. The van der Waals surface area contributed by atoms with E-state index in [0.29, 0.717) is 0 Å². The highest BCUT2D eigenvalue weighted by Gasteiger charge is 2.38. The van der Waals surface area contributed by atoms with Crippen LogP contribution in [0.1, 0.15) is 134 Å². The van der Waals surface area contributed by atoms with Crippen molar-refractivity contribution in [1.29, 1.82) is 0 Å². The number of hydrogen-bond acceptors (Lipinski definition) is 29. The van der Waals surface area contributed by atoms with E-state index in [1.54, 1.807) is 203 Å². The van der Waals surface area contributed by atoms with Crippen LogP contribution in [0.15, 0.2) is 0 Å². The molecule has 7 N–H and O–H groups in total. The zero-order valence-electron chi connectivity index (χ0n) is 57.9. The second-order valence-corrected chi connectivity index (χ2v) is 31.4. The molecule has 0 aliphatic carbocycles. The Bertz CT molecular complexity index is 3850. The number of nitrogens with one attached hydrogen (secondary N) is 7. The van der Waals surface area contributed by atoms with Gasteiger partial charge in [-0.25, -0.2) is 9.80 Å². The molecule has 5 atom stereocenters. The van der Waals surface area contributed by atoms with Crippen molar-refractivity contribution in [2.24, 2.45) is 0 Å². The molecule has 5 unspecified atom stereocenters. The van der Waals surface area contributed by atoms with Crippen LogP contribution in [0.2, 0.25) is 0 Å². The molecule has 3 rings (SSSR count). The van der Waals surface area contributed by atoms with Gasteiger partial charge in [0.15, 0.2) is 30.5 Å². The standard InChI is InChI=1S/C62H67I9N8O28/c1-23(80)97-17-34(103-29(7)86)12-72-57(91)40-45(63)39(22-102-28(6)85)46(64)56(53(40)71)79(78-55-51(69)43(60(94)75-15-37(106-32(10)89)20-100-26(4)83)48(66)44(52(55)70)61(95)76-16-38(107-33(11)90)21-101-27(5)84)62(96)77-54-49(67)41(58(92)73-13-35(104-30(8)87)18-98-24(2)81)47(65)42(50(54)68)59(93)74-14-36(105-31(9)88)19-99-25(3)82/h34-38,78H,12-22H2,1-11H3,(H,72,91)(H,73,92)(H,74,93)(H,75,94)(H,76,95)(H,77,96). The van der Waals surface area contributed by atoms with Gasteiger partial charge in [-0.05, 0) is 203 Å². The molecule has 0 saturated carbocycles. The zero-order chi connectivity index (χ0) is 81.2. The van der Waals surface area contributed by atoms with Gasteiger partial charge in [-0.3, -0.25) is 82.1 Å². The minimum absolute atomic E-state index is 0.0313. The number of nitrogens with zero attached hydrogens (tertiary/aromatic N) is 1. The monoisotopic (exact) mass is 2510 g/mol. The van der Waals surface area contributed by atoms with Crippen molar-refractivity contribution in [3.63, 3.8) is 0 Å². The lowest BCUT2D eigenvalue weighted by Gasteiger charge is -2.31. The highest BCUT2D eigenvalue weighted by molar-refractivity contribution is 14.1. The zero-order valence-corrected chi connectivity index (χ0v) is 77.4. The lowest BCUT2D eigenvalue weighted by atomic mass is 10.1. The van der Waals surface area contributed by atoms with Gasteiger partial charge < -0.3 is 84.0 Å². The maximum Gasteiger partial charge on any atom is 0.345 e. The van der Waals surface area contributed by atoms with Gasteiger partial charge in [0.05, 0.1) is 95.5 Å². The van der Waals surface area contributed by atoms with E-state index in [1.165, 1.54) is 0 Å². The highest BCUT2D eigenvalue weighted by Crippen LogP contribution is 2.43. The average Bonchev–Trinajstić information content (AvgIpc) is 0.750. The maximum absolute atomic E-state index is 16.5. The molecule has 3 aromatic carbocycles. The van der Waals surface area contributed by atoms with E-state index < -0.39 is 204 Å². The van der Waals surface area contributed by atoms with E-state index in [0.717, 1.165) is 81.2 Å². The summed E-state index contributed by atoms with van der Waals surface area (Å²) in [5.41, 5.74) is 0.617. The maximum atomic E-state index is 16.5. The number of hydrazine groups is 1. The summed E-state index contributed by atoms with van der Waals surface area (Å²) in [6, 6.07) is -1.31. The third kappa shape index (κ3) is 31.1. The first-order chi connectivity index (χ1) is 49.9. The number of benzene rings is 3. The van der Waals surface area contributed by atoms with Crippen molar-refractivity contribution in [3.05, 3.63) is 65.5 Å². The van der Waals surface area contributed by atoms with E-state index in [9.17, 15) is 62.3 Å². The molecule has 0 saturated heterocycles. The van der Waals surface area contributed by atoms with Gasteiger partial charge in [0.1, 0.15) is 39.6 Å². The van der Waals surface area contributed by atoms with Gasteiger partial charge in [-0.15, -0.1) is 0 Å². The van der Waals surface area contributed by atoms with Gasteiger partial charge in [0.2, 0.25) is 0 Å². The van der Waals surface area contributed by atoms with Gasteiger partial charge >= 0.3 is 71.7 Å². The number of esters is 11. The number of anilines is 3. The van der Waals surface area contributed by atoms with Crippen molar-refractivity contribution in [1.82, 2.24) is 26.6 Å². The minimum Gasteiger partial charge on any atom is -0.462 e. The lowest BCUT2D eigenvalue weighted by Crippen LogP contribution is -2.44. The summed E-state index contributed by atoms with van der Waals surface area (Å²) in [7, 11) is 0. The second kappa shape index (κ2) is 46.6. The van der Waals surface area contributed by atoms with Crippen LogP contribution in [-0.4, -0.2) is 198 Å². The molecule has 3 aromatic rings. The van der Waals surface area contributed by atoms with Crippen molar-refractivity contribution in [3.8, 4) is 0 Å². The molecule has 0 aliphatic rings. The van der Waals surface area contributed by atoms with Crippen LogP contribution in [0.3, 0.4) is 0 Å². The Morgan fingerprint density at radius 2 is 0.523 bits per heavy atom. The lowest BCUT2D eigenvalue weighted by molar-refractivity contribution is -0.155. The molecule has 0 bridgehead atoms. The van der Waals surface area contributed by atoms with Crippen molar-refractivity contribution >= 4 is 322 Å². The summed E-state index contributed by atoms with van der Waals surface area (Å²) in [5, 5.41) is 16.7. The fourth-order valence-corrected chi connectivity index (χ4v) is 21.8. The number of hydrogen-bond donors (Lipinski definition) is 7. The molecule has 0 aromatic heterocycles. The average molecular weight is 2510 g/mol. The summed E-state index contributed by atoms with van der Waals surface area (Å²) in [6.07, 6.45) is -6.45. The Balaban J connectivity index is 2.78. The molecule has 0 radical (unpaired) electrons. The molecule has 45 heteroatoms. The smallest absolute Gasteiger partial charge is 0.345 e. The molecule has 0 spiro atoms. The number of rotatable bonds is 36. The van der Waals surface area contributed by atoms with Crippen LogP contribution in [0.25, 0.3) is 0 Å². The Hall–Kier alpha value is -5.18. The van der Waals surface area contributed by atoms with Crippen LogP contribution >= 0.6 is 203 Å². The number of halogens is 9. The minimum atomic E-state index is -1.31. The van der Waals surface area contributed by atoms with Gasteiger partial charge in [0, 0.05) is 96.0 Å². The first-order valence-corrected chi connectivity index (χ1v) is 40.2. The molecular weight excluding hydrogens is 2450 g/mol. The van der Waals surface area contributed by atoms with Crippen LogP contribution in [0.4, 0.5) is 21.9 Å². The topological polar surface area (TPSA) is 479 Å². The van der Waals surface area contributed by atoms with E-state index in [1.807, 2.05) is 0 Å². The Kier molecular flexibility index (Phi) is 41.8. The summed E-state index contributed by atoms with van der Waals surface area (Å²) in [5.74, 6) is -13.7. The summed E-state index contributed by atoms with van der Waals surface area (Å²) < 4.78 is 57.0. The Labute approximate surface area is 733 Å². The quantitative estimate of drug-likeness (QED) is 0.0144. The van der Waals surface area contributed by atoms with Crippen LogP contribution < -0.4 is 42.3 Å². The van der Waals surface area contributed by atoms with Gasteiger partial charge in [-0.1, -0.05) is 0 Å². The van der Waals surface area contributed by atoms with Gasteiger partial charge in [-0.2, -0.15) is 0 Å². The normalized spacial score (nSPS) is 12.0. The fourth-order valence-electron chi connectivity index (χ4n) is 8.59. The summed E-state index contributed by atoms with van der Waals surface area (Å²) in [6.45, 7) is 5.97. The molecule has 0 aliphatic heterocycles. The third-order valence-corrected chi connectivity index (χ3v) is 22.8. The van der Waals surface area contributed by atoms with Crippen LogP contribution in [0.5, 0.6) is 0 Å². The Morgan fingerprint density at radius 1 is 0.290 bits per heavy atom. The van der Waals surface area contributed by atoms with E-state index in [2.05, 4.69) is 37.3 Å². The summed E-state index contributed by atoms with van der Waals surface area (Å²) in [4.78, 5) is 225. The van der Waals surface area contributed by atoms with Crippen molar-refractivity contribution in [2.75, 3.05) is 81.5 Å². The molecule has 586 valence electrons. The first-order valence-electron chi connectivity index (χ1n) is 30.5. The van der Waals surface area contributed by atoms with Crippen LogP contribution in [0, 0.1) is 32.1 Å². The van der Waals surface area contributed by atoms with Gasteiger partial charge in [0.25, 0.3) is 29.5 Å². The highest BCUT2D eigenvalue weighted by atomic mass is 127.